The van der Waals surface area contributed by atoms with E-state index in [2.05, 4.69) is 29.2 Å². The minimum Gasteiger partial charge on any atom is -0.378 e. The molecule has 0 saturated carbocycles. The van der Waals surface area contributed by atoms with Gasteiger partial charge in [0.25, 0.3) is 5.91 Å². The van der Waals surface area contributed by atoms with Gasteiger partial charge >= 0.3 is 0 Å². The highest BCUT2D eigenvalue weighted by Gasteiger charge is 2.13. The predicted molar refractivity (Wildman–Crippen MR) is 97.1 cm³/mol. The van der Waals surface area contributed by atoms with E-state index in [1.807, 2.05) is 0 Å². The lowest BCUT2D eigenvalue weighted by molar-refractivity contribution is 0.0784. The van der Waals surface area contributed by atoms with Gasteiger partial charge in [0.2, 0.25) is 0 Å². The van der Waals surface area contributed by atoms with E-state index in [9.17, 15) is 9.59 Å². The molecule has 1 aliphatic rings. The number of hydrogen-bond acceptors (Lipinski definition) is 4. The molecule has 1 heterocycles. The molecule has 130 valence electrons. The van der Waals surface area contributed by atoms with E-state index in [0.29, 0.717) is 17.7 Å². The molecule has 0 aliphatic carbocycles. The fourth-order valence-electron chi connectivity index (χ4n) is 2.90. The fourth-order valence-corrected chi connectivity index (χ4v) is 2.90. The van der Waals surface area contributed by atoms with Crippen LogP contribution in [-0.4, -0.2) is 50.4 Å². The third kappa shape index (κ3) is 4.25. The van der Waals surface area contributed by atoms with Crippen molar-refractivity contribution in [2.75, 3.05) is 38.3 Å². The van der Waals surface area contributed by atoms with E-state index in [4.69, 9.17) is 4.74 Å². The number of amides is 1. The topological polar surface area (TPSA) is 49.9 Å². The number of morpholine rings is 1. The van der Waals surface area contributed by atoms with E-state index in [1.54, 1.807) is 36.2 Å². The van der Waals surface area contributed by atoms with Crippen molar-refractivity contribution in [1.29, 1.82) is 0 Å². The molecule has 1 amide bonds. The quantitative estimate of drug-likeness (QED) is 0.787. The van der Waals surface area contributed by atoms with Crippen LogP contribution in [0.25, 0.3) is 0 Å². The van der Waals surface area contributed by atoms with E-state index >= 15 is 0 Å². The molecule has 1 saturated heterocycles. The van der Waals surface area contributed by atoms with Crippen LogP contribution in [0, 0.1) is 0 Å². The molecule has 2 aromatic carbocycles. The predicted octanol–water partition coefficient (Wildman–Crippen LogP) is 2.61. The van der Waals surface area contributed by atoms with Crippen LogP contribution in [0.2, 0.25) is 0 Å². The average Bonchev–Trinajstić information content (AvgIpc) is 2.68. The number of rotatable bonds is 5. The number of ether oxygens (including phenoxy) is 1. The third-order valence-corrected chi connectivity index (χ3v) is 4.37. The number of carbonyl (C=O) groups is 2. The highest BCUT2D eigenvalue weighted by atomic mass is 16.5. The maximum absolute atomic E-state index is 12.5. The molecular formula is C20H22N2O3. The summed E-state index contributed by atoms with van der Waals surface area (Å²) in [5.74, 6) is -0.0605. The van der Waals surface area contributed by atoms with Gasteiger partial charge in [-0.1, -0.05) is 24.3 Å². The Kier molecular flexibility index (Phi) is 5.46. The number of benzene rings is 2. The van der Waals surface area contributed by atoms with Crippen LogP contribution < -0.4 is 4.90 Å². The van der Waals surface area contributed by atoms with Crippen LogP contribution in [0.1, 0.15) is 26.3 Å². The first-order chi connectivity index (χ1) is 12.2. The van der Waals surface area contributed by atoms with Crippen LogP contribution in [0.3, 0.4) is 0 Å². The van der Waals surface area contributed by atoms with Gasteiger partial charge in [-0.2, -0.15) is 0 Å². The molecule has 5 nitrogen and oxygen atoms in total. The number of anilines is 1. The molecule has 0 N–H and O–H groups in total. The molecule has 0 spiro atoms. The Hall–Kier alpha value is -2.66. The van der Waals surface area contributed by atoms with Crippen LogP contribution in [0.5, 0.6) is 0 Å². The molecule has 25 heavy (non-hydrogen) atoms. The second-order valence-corrected chi connectivity index (χ2v) is 6.17. The van der Waals surface area contributed by atoms with Gasteiger partial charge in [0.15, 0.2) is 0 Å². The van der Waals surface area contributed by atoms with E-state index in [-0.39, 0.29) is 5.91 Å². The van der Waals surface area contributed by atoms with Crippen molar-refractivity contribution in [3.63, 3.8) is 0 Å². The molecule has 1 aliphatic heterocycles. The highest BCUT2D eigenvalue weighted by Crippen LogP contribution is 2.18. The van der Waals surface area contributed by atoms with Gasteiger partial charge in [-0.25, -0.2) is 0 Å². The average molecular weight is 338 g/mol. The highest BCUT2D eigenvalue weighted by molar-refractivity contribution is 5.94. The Morgan fingerprint density at radius 2 is 1.72 bits per heavy atom. The maximum Gasteiger partial charge on any atom is 0.253 e. The Morgan fingerprint density at radius 1 is 1.08 bits per heavy atom. The monoisotopic (exact) mass is 338 g/mol. The molecule has 5 heteroatoms. The molecule has 0 aromatic heterocycles. The lowest BCUT2D eigenvalue weighted by atomic mass is 10.1. The SMILES string of the molecule is CN(Cc1ccc(N2CCOCC2)cc1)C(=O)c1ccc(C=O)cc1. The Morgan fingerprint density at radius 3 is 2.32 bits per heavy atom. The zero-order valence-corrected chi connectivity index (χ0v) is 14.4. The Balaban J connectivity index is 1.62. The van der Waals surface area contributed by atoms with Gasteiger partial charge < -0.3 is 14.5 Å². The van der Waals surface area contributed by atoms with Gasteiger partial charge in [-0.3, -0.25) is 9.59 Å². The summed E-state index contributed by atoms with van der Waals surface area (Å²) >= 11 is 0. The van der Waals surface area contributed by atoms with E-state index in [1.165, 1.54) is 5.69 Å². The first-order valence-electron chi connectivity index (χ1n) is 8.40. The molecule has 1 fully saturated rings. The van der Waals surface area contributed by atoms with Crippen molar-refractivity contribution in [1.82, 2.24) is 4.90 Å². The molecule has 0 radical (unpaired) electrons. The van der Waals surface area contributed by atoms with Crippen LogP contribution in [-0.2, 0) is 11.3 Å². The van der Waals surface area contributed by atoms with Gasteiger partial charge in [-0.15, -0.1) is 0 Å². The molecule has 3 rings (SSSR count). The first kappa shape index (κ1) is 17.2. The number of carbonyl (C=O) groups excluding carboxylic acids is 2. The lowest BCUT2D eigenvalue weighted by Gasteiger charge is -2.29. The summed E-state index contributed by atoms with van der Waals surface area (Å²) in [6.45, 7) is 3.89. The summed E-state index contributed by atoms with van der Waals surface area (Å²) in [6.07, 6.45) is 0.772. The van der Waals surface area contributed by atoms with Crippen LogP contribution in [0.15, 0.2) is 48.5 Å². The summed E-state index contributed by atoms with van der Waals surface area (Å²) in [7, 11) is 1.78. The largest absolute Gasteiger partial charge is 0.378 e. The van der Waals surface area contributed by atoms with Gasteiger partial charge in [0, 0.05) is 43.5 Å². The minimum atomic E-state index is -0.0605. The van der Waals surface area contributed by atoms with Crippen LogP contribution in [0.4, 0.5) is 5.69 Å². The number of hydrogen-bond donors (Lipinski definition) is 0. The summed E-state index contributed by atoms with van der Waals surface area (Å²) < 4.78 is 5.38. The normalized spacial score (nSPS) is 14.2. The molecule has 2 aromatic rings. The van der Waals surface area contributed by atoms with Crippen molar-refractivity contribution >= 4 is 17.9 Å². The minimum absolute atomic E-state index is 0.0605. The van der Waals surface area contributed by atoms with E-state index in [0.717, 1.165) is 38.2 Å². The zero-order chi connectivity index (χ0) is 17.6. The Bertz CT molecular complexity index is 720. The van der Waals surface area contributed by atoms with Crippen molar-refractivity contribution < 1.29 is 14.3 Å². The van der Waals surface area contributed by atoms with E-state index < -0.39 is 0 Å². The van der Waals surface area contributed by atoms with Gasteiger partial charge in [-0.05, 0) is 29.8 Å². The summed E-state index contributed by atoms with van der Waals surface area (Å²) in [5, 5.41) is 0. The molecule has 0 unspecified atom stereocenters. The van der Waals surface area contributed by atoms with Crippen molar-refractivity contribution in [2.45, 2.75) is 6.54 Å². The van der Waals surface area contributed by atoms with Crippen molar-refractivity contribution in [3.05, 3.63) is 65.2 Å². The first-order valence-corrected chi connectivity index (χ1v) is 8.40. The lowest BCUT2D eigenvalue weighted by Crippen LogP contribution is -2.36. The second-order valence-electron chi connectivity index (χ2n) is 6.17. The standard InChI is InChI=1S/C20H22N2O3/c1-21(20(24)18-6-2-17(15-23)3-7-18)14-16-4-8-19(9-5-16)22-10-12-25-13-11-22/h2-9,15H,10-14H2,1H3. The molecule has 0 bridgehead atoms. The maximum atomic E-state index is 12.5. The molecule has 0 atom stereocenters. The van der Waals surface area contributed by atoms with Crippen molar-refractivity contribution in [2.24, 2.45) is 0 Å². The van der Waals surface area contributed by atoms with Gasteiger partial charge in [0.05, 0.1) is 13.2 Å². The molecular weight excluding hydrogens is 316 g/mol. The van der Waals surface area contributed by atoms with Crippen LogP contribution >= 0.6 is 0 Å². The Labute approximate surface area is 147 Å². The summed E-state index contributed by atoms with van der Waals surface area (Å²) in [6, 6.07) is 15.0. The van der Waals surface area contributed by atoms with Crippen molar-refractivity contribution in [3.8, 4) is 0 Å². The third-order valence-electron chi connectivity index (χ3n) is 4.37. The second kappa shape index (κ2) is 7.94. The summed E-state index contributed by atoms with van der Waals surface area (Å²) in [5.41, 5.74) is 3.42. The fraction of sp³-hybridized carbons (Fsp3) is 0.300. The zero-order valence-electron chi connectivity index (χ0n) is 14.4. The smallest absolute Gasteiger partial charge is 0.253 e. The van der Waals surface area contributed by atoms with Gasteiger partial charge in [0.1, 0.15) is 6.29 Å². The number of nitrogens with zero attached hydrogens (tertiary/aromatic N) is 2. The summed E-state index contributed by atoms with van der Waals surface area (Å²) in [4.78, 5) is 27.2. The number of aldehydes is 1.